The van der Waals surface area contributed by atoms with Crippen LogP contribution < -0.4 is 15.4 Å². The highest BCUT2D eigenvalue weighted by atomic mass is 19.1. The van der Waals surface area contributed by atoms with Crippen LogP contribution in [0.1, 0.15) is 22.3 Å². The van der Waals surface area contributed by atoms with Gasteiger partial charge in [0, 0.05) is 13.1 Å². The molecule has 0 radical (unpaired) electrons. The summed E-state index contributed by atoms with van der Waals surface area (Å²) in [4.78, 5) is 23.7. The molecule has 144 valence electrons. The molecular weight excluding hydrogens is 347 g/mol. The molecule has 0 unspecified atom stereocenters. The summed E-state index contributed by atoms with van der Waals surface area (Å²) < 4.78 is 18.5. The van der Waals surface area contributed by atoms with Crippen LogP contribution in [-0.4, -0.2) is 31.5 Å². The van der Waals surface area contributed by atoms with Crippen LogP contribution in [-0.2, 0) is 16.0 Å². The first-order valence-electron chi connectivity index (χ1n) is 8.84. The quantitative estimate of drug-likeness (QED) is 0.700. The van der Waals surface area contributed by atoms with Crippen LogP contribution in [0.25, 0.3) is 0 Å². The monoisotopic (exact) mass is 372 g/mol. The van der Waals surface area contributed by atoms with Gasteiger partial charge >= 0.3 is 0 Å². The van der Waals surface area contributed by atoms with E-state index >= 15 is 0 Å². The Hall–Kier alpha value is -2.89. The molecule has 0 aliphatic heterocycles. The summed E-state index contributed by atoms with van der Waals surface area (Å²) in [5, 5.41) is 5.42. The van der Waals surface area contributed by atoms with Gasteiger partial charge in [-0.25, -0.2) is 4.39 Å². The van der Waals surface area contributed by atoms with E-state index in [4.69, 9.17) is 4.74 Å². The second-order valence-electron chi connectivity index (χ2n) is 6.45. The molecule has 0 saturated carbocycles. The average Bonchev–Trinajstić information content (AvgIpc) is 2.64. The van der Waals surface area contributed by atoms with Crippen molar-refractivity contribution in [1.82, 2.24) is 10.6 Å². The van der Waals surface area contributed by atoms with Crippen LogP contribution in [0.3, 0.4) is 0 Å². The van der Waals surface area contributed by atoms with Crippen molar-refractivity contribution in [3.63, 3.8) is 0 Å². The van der Waals surface area contributed by atoms with Crippen molar-refractivity contribution in [1.29, 1.82) is 0 Å². The molecule has 0 heterocycles. The number of amides is 2. The van der Waals surface area contributed by atoms with Gasteiger partial charge < -0.3 is 15.4 Å². The second kappa shape index (κ2) is 9.71. The Kier molecular flexibility index (Phi) is 7.34. The first kappa shape index (κ1) is 20.4. The van der Waals surface area contributed by atoms with Crippen molar-refractivity contribution in [3.8, 4) is 5.75 Å². The first-order chi connectivity index (χ1) is 12.9. The van der Waals surface area contributed by atoms with Crippen LogP contribution in [0.15, 0.2) is 36.4 Å². The summed E-state index contributed by atoms with van der Waals surface area (Å²) in [6.45, 7) is 6.45. The molecule has 27 heavy (non-hydrogen) atoms. The van der Waals surface area contributed by atoms with Crippen LogP contribution in [0.4, 0.5) is 4.39 Å². The fraction of sp³-hybridized carbons (Fsp3) is 0.333. The van der Waals surface area contributed by atoms with E-state index in [2.05, 4.69) is 10.6 Å². The van der Waals surface area contributed by atoms with Gasteiger partial charge in [0.05, 0.1) is 6.42 Å². The first-order valence-corrected chi connectivity index (χ1v) is 8.84. The summed E-state index contributed by atoms with van der Waals surface area (Å²) >= 11 is 0. The number of hydrogen-bond acceptors (Lipinski definition) is 3. The lowest BCUT2D eigenvalue weighted by Gasteiger charge is -2.14. The number of halogens is 1. The smallest absolute Gasteiger partial charge is 0.258 e. The Bertz CT molecular complexity index is 804. The average molecular weight is 372 g/mol. The molecule has 0 fully saturated rings. The Morgan fingerprint density at radius 1 is 0.889 bits per heavy atom. The van der Waals surface area contributed by atoms with E-state index in [1.165, 1.54) is 12.1 Å². The maximum Gasteiger partial charge on any atom is 0.258 e. The largest absolute Gasteiger partial charge is 0.483 e. The van der Waals surface area contributed by atoms with Gasteiger partial charge in [-0.2, -0.15) is 0 Å². The third-order valence-electron chi connectivity index (χ3n) is 4.27. The molecule has 0 aliphatic rings. The maximum absolute atomic E-state index is 12.8. The fourth-order valence-electron chi connectivity index (χ4n) is 2.59. The summed E-state index contributed by atoms with van der Waals surface area (Å²) in [6, 6.07) is 9.77. The van der Waals surface area contributed by atoms with E-state index in [1.54, 1.807) is 12.1 Å². The zero-order valence-electron chi connectivity index (χ0n) is 15.9. The topological polar surface area (TPSA) is 67.4 Å². The molecule has 2 N–H and O–H groups in total. The summed E-state index contributed by atoms with van der Waals surface area (Å²) in [6.07, 6.45) is 0.170. The Balaban J connectivity index is 1.67. The number of nitrogens with one attached hydrogen (secondary N) is 2. The standard InChI is InChI=1S/C21H25FN2O3/c1-14-4-5-15(2)21(16(14)3)27-13-20(26)24-11-10-23-19(25)12-17-6-8-18(22)9-7-17/h4-9H,10-13H2,1-3H3,(H,23,25)(H,24,26). The van der Waals surface area contributed by atoms with Gasteiger partial charge in [-0.05, 0) is 55.2 Å². The zero-order chi connectivity index (χ0) is 19.8. The lowest BCUT2D eigenvalue weighted by Crippen LogP contribution is -2.37. The van der Waals surface area contributed by atoms with Gasteiger partial charge in [0.15, 0.2) is 6.61 Å². The Morgan fingerprint density at radius 2 is 1.48 bits per heavy atom. The van der Waals surface area contributed by atoms with Gasteiger partial charge in [-0.1, -0.05) is 24.3 Å². The minimum atomic E-state index is -0.333. The summed E-state index contributed by atoms with van der Waals surface area (Å²) in [5.74, 6) is -0.0286. The molecule has 0 saturated heterocycles. The SMILES string of the molecule is Cc1ccc(C)c(OCC(=O)NCCNC(=O)Cc2ccc(F)cc2)c1C. The molecule has 2 aromatic carbocycles. The van der Waals surface area contributed by atoms with E-state index in [0.29, 0.717) is 13.1 Å². The number of hydrogen-bond donors (Lipinski definition) is 2. The van der Waals surface area contributed by atoms with E-state index in [-0.39, 0.29) is 30.7 Å². The van der Waals surface area contributed by atoms with Crippen molar-refractivity contribution < 1.29 is 18.7 Å². The fourth-order valence-corrected chi connectivity index (χ4v) is 2.59. The number of aryl methyl sites for hydroxylation is 2. The number of ether oxygens (including phenoxy) is 1. The molecule has 0 aliphatic carbocycles. The maximum atomic E-state index is 12.8. The molecule has 5 nitrogen and oxygen atoms in total. The van der Waals surface area contributed by atoms with E-state index < -0.39 is 0 Å². The molecule has 6 heteroatoms. The third-order valence-corrected chi connectivity index (χ3v) is 4.27. The van der Waals surface area contributed by atoms with Crippen molar-refractivity contribution in [2.45, 2.75) is 27.2 Å². The number of carbonyl (C=O) groups excluding carboxylic acids is 2. The van der Waals surface area contributed by atoms with Crippen molar-refractivity contribution >= 4 is 11.8 Å². The van der Waals surface area contributed by atoms with Crippen LogP contribution in [0, 0.1) is 26.6 Å². The van der Waals surface area contributed by atoms with Crippen molar-refractivity contribution in [2.24, 2.45) is 0 Å². The van der Waals surface area contributed by atoms with Gasteiger partial charge in [-0.3, -0.25) is 9.59 Å². The molecule has 2 aromatic rings. The van der Waals surface area contributed by atoms with E-state index in [0.717, 1.165) is 28.0 Å². The summed E-state index contributed by atoms with van der Waals surface area (Å²) in [7, 11) is 0. The lowest BCUT2D eigenvalue weighted by molar-refractivity contribution is -0.124. The highest BCUT2D eigenvalue weighted by Gasteiger charge is 2.09. The predicted octanol–water partition coefficient (Wildman–Crippen LogP) is 2.60. The van der Waals surface area contributed by atoms with Gasteiger partial charge in [0.25, 0.3) is 5.91 Å². The second-order valence-corrected chi connectivity index (χ2v) is 6.45. The van der Waals surface area contributed by atoms with Crippen molar-refractivity contribution in [2.75, 3.05) is 19.7 Å². The molecule has 0 spiro atoms. The molecule has 0 atom stereocenters. The highest BCUT2D eigenvalue weighted by molar-refractivity contribution is 5.79. The van der Waals surface area contributed by atoms with E-state index in [9.17, 15) is 14.0 Å². The normalized spacial score (nSPS) is 10.4. The predicted molar refractivity (Wildman–Crippen MR) is 102 cm³/mol. The van der Waals surface area contributed by atoms with Crippen molar-refractivity contribution in [3.05, 3.63) is 64.5 Å². The Morgan fingerprint density at radius 3 is 2.15 bits per heavy atom. The molecular formula is C21H25FN2O3. The van der Waals surface area contributed by atoms with Gasteiger partial charge in [0.2, 0.25) is 5.91 Å². The number of carbonyl (C=O) groups is 2. The lowest BCUT2D eigenvalue weighted by atomic mass is 10.1. The zero-order valence-corrected chi connectivity index (χ0v) is 15.9. The summed E-state index contributed by atoms with van der Waals surface area (Å²) in [5.41, 5.74) is 3.85. The van der Waals surface area contributed by atoms with Crippen LogP contribution in [0.5, 0.6) is 5.75 Å². The highest BCUT2D eigenvalue weighted by Crippen LogP contribution is 2.25. The number of rotatable bonds is 8. The minimum Gasteiger partial charge on any atom is -0.483 e. The molecule has 2 amide bonds. The Labute approximate surface area is 158 Å². The van der Waals surface area contributed by atoms with Crippen LogP contribution >= 0.6 is 0 Å². The third kappa shape index (κ3) is 6.40. The van der Waals surface area contributed by atoms with Gasteiger partial charge in [0.1, 0.15) is 11.6 Å². The molecule has 0 bridgehead atoms. The number of benzene rings is 2. The van der Waals surface area contributed by atoms with Gasteiger partial charge in [-0.15, -0.1) is 0 Å². The van der Waals surface area contributed by atoms with E-state index in [1.807, 2.05) is 32.9 Å². The molecule has 2 rings (SSSR count). The minimum absolute atomic E-state index is 0.0747. The molecule has 0 aromatic heterocycles. The van der Waals surface area contributed by atoms with Crippen LogP contribution in [0.2, 0.25) is 0 Å².